The van der Waals surface area contributed by atoms with Crippen molar-refractivity contribution in [2.45, 2.75) is 18.9 Å². The maximum absolute atomic E-state index is 9.52. The Morgan fingerprint density at radius 1 is 1.32 bits per heavy atom. The van der Waals surface area contributed by atoms with Crippen LogP contribution < -0.4 is 4.74 Å². The van der Waals surface area contributed by atoms with Gasteiger partial charge in [-0.1, -0.05) is 18.2 Å². The molecule has 1 heterocycles. The summed E-state index contributed by atoms with van der Waals surface area (Å²) in [6.07, 6.45) is 1.74. The highest BCUT2D eigenvalue weighted by molar-refractivity contribution is 5.35. The summed E-state index contributed by atoms with van der Waals surface area (Å²) in [6, 6.07) is 7.66. The van der Waals surface area contributed by atoms with Crippen LogP contribution in [0.15, 0.2) is 24.3 Å². The van der Waals surface area contributed by atoms with E-state index in [0.717, 1.165) is 37.4 Å². The van der Waals surface area contributed by atoms with Gasteiger partial charge in [0.1, 0.15) is 11.9 Å². The van der Waals surface area contributed by atoms with Gasteiger partial charge in [-0.05, 0) is 24.8 Å². The van der Waals surface area contributed by atoms with Crippen LogP contribution in [0.1, 0.15) is 24.5 Å². The van der Waals surface area contributed by atoms with E-state index in [1.165, 1.54) is 0 Å². The third-order valence-corrected chi connectivity index (χ3v) is 3.53. The molecule has 1 saturated heterocycles. The fourth-order valence-electron chi connectivity index (χ4n) is 2.34. The second kappa shape index (κ2) is 7.48. The molecule has 0 aliphatic carbocycles. The third kappa shape index (κ3) is 3.93. The highest BCUT2D eigenvalue weighted by Crippen LogP contribution is 2.28. The monoisotopic (exact) mass is 266 g/mol. The molecule has 4 nitrogen and oxygen atoms in total. The van der Waals surface area contributed by atoms with Crippen LogP contribution in [-0.4, -0.2) is 38.6 Å². The largest absolute Gasteiger partial charge is 0.496 e. The van der Waals surface area contributed by atoms with Crippen molar-refractivity contribution in [2.24, 2.45) is 5.92 Å². The quantitative estimate of drug-likeness (QED) is 0.857. The Labute approximate surface area is 114 Å². The lowest BCUT2D eigenvalue weighted by Gasteiger charge is -2.25. The lowest BCUT2D eigenvalue weighted by atomic mass is 10.0. The Hall–Kier alpha value is -1.10. The zero-order chi connectivity index (χ0) is 13.5. The molecule has 1 aromatic carbocycles. The minimum absolute atomic E-state index is 0.0381. The molecule has 0 aromatic heterocycles. The minimum Gasteiger partial charge on any atom is -0.496 e. The molecule has 0 radical (unpaired) electrons. The number of para-hydroxylation sites is 1. The van der Waals surface area contributed by atoms with Gasteiger partial charge in [-0.25, -0.2) is 0 Å². The third-order valence-electron chi connectivity index (χ3n) is 3.53. The number of aliphatic hydroxyl groups excluding tert-OH is 1. The molecule has 0 bridgehead atoms. The van der Waals surface area contributed by atoms with Crippen molar-refractivity contribution in [2.75, 3.05) is 33.5 Å². The fourth-order valence-corrected chi connectivity index (χ4v) is 2.34. The van der Waals surface area contributed by atoms with Gasteiger partial charge < -0.3 is 19.3 Å². The second-order valence-corrected chi connectivity index (χ2v) is 4.80. The first-order chi connectivity index (χ1) is 9.35. The van der Waals surface area contributed by atoms with Crippen molar-refractivity contribution in [3.8, 4) is 5.75 Å². The van der Waals surface area contributed by atoms with E-state index in [0.29, 0.717) is 12.5 Å². The maximum atomic E-state index is 9.52. The molecule has 1 aliphatic heterocycles. The first kappa shape index (κ1) is 14.3. The molecule has 4 heteroatoms. The molecule has 1 aromatic rings. The van der Waals surface area contributed by atoms with Gasteiger partial charge in [0.15, 0.2) is 0 Å². The number of hydrogen-bond donors (Lipinski definition) is 1. The fraction of sp³-hybridized carbons (Fsp3) is 0.600. The van der Waals surface area contributed by atoms with E-state index in [1.54, 1.807) is 7.11 Å². The van der Waals surface area contributed by atoms with E-state index >= 15 is 0 Å². The number of aliphatic hydroxyl groups is 1. The van der Waals surface area contributed by atoms with E-state index in [9.17, 15) is 5.11 Å². The first-order valence-corrected chi connectivity index (χ1v) is 6.78. The Morgan fingerprint density at radius 3 is 2.74 bits per heavy atom. The van der Waals surface area contributed by atoms with Crippen molar-refractivity contribution in [3.05, 3.63) is 29.8 Å². The van der Waals surface area contributed by atoms with Gasteiger partial charge in [0, 0.05) is 18.8 Å². The van der Waals surface area contributed by atoms with Crippen LogP contribution in [0.3, 0.4) is 0 Å². The zero-order valence-corrected chi connectivity index (χ0v) is 11.4. The van der Waals surface area contributed by atoms with Gasteiger partial charge in [0.05, 0.1) is 20.3 Å². The topological polar surface area (TPSA) is 47.9 Å². The molecular weight excluding hydrogens is 244 g/mol. The highest BCUT2D eigenvalue weighted by atomic mass is 16.5. The zero-order valence-electron chi connectivity index (χ0n) is 11.4. The lowest BCUT2D eigenvalue weighted by Crippen LogP contribution is -2.22. The Morgan fingerprint density at radius 2 is 2.05 bits per heavy atom. The predicted molar refractivity (Wildman–Crippen MR) is 72.3 cm³/mol. The molecule has 0 spiro atoms. The van der Waals surface area contributed by atoms with Crippen molar-refractivity contribution in [1.82, 2.24) is 0 Å². The number of methoxy groups -OCH3 is 1. The molecule has 106 valence electrons. The number of hydrogen-bond acceptors (Lipinski definition) is 4. The molecule has 1 fully saturated rings. The molecule has 1 atom stereocenters. The number of benzene rings is 1. The van der Waals surface area contributed by atoms with Crippen molar-refractivity contribution in [1.29, 1.82) is 0 Å². The minimum atomic E-state index is -0.320. The Balaban J connectivity index is 1.95. The summed E-state index contributed by atoms with van der Waals surface area (Å²) in [5.74, 6) is 1.28. The molecule has 1 aliphatic rings. The normalized spacial score (nSPS) is 18.2. The molecule has 1 unspecified atom stereocenters. The van der Waals surface area contributed by atoms with Crippen molar-refractivity contribution in [3.63, 3.8) is 0 Å². The summed E-state index contributed by atoms with van der Waals surface area (Å²) in [7, 11) is 1.63. The van der Waals surface area contributed by atoms with Gasteiger partial charge in [0.25, 0.3) is 0 Å². The van der Waals surface area contributed by atoms with Gasteiger partial charge in [-0.2, -0.15) is 0 Å². The number of rotatable bonds is 6. The second-order valence-electron chi connectivity index (χ2n) is 4.80. The smallest absolute Gasteiger partial charge is 0.124 e. The summed E-state index contributed by atoms with van der Waals surface area (Å²) in [5, 5.41) is 9.52. The Kier molecular flexibility index (Phi) is 5.63. The molecule has 1 N–H and O–H groups in total. The molecule has 0 amide bonds. The van der Waals surface area contributed by atoms with Gasteiger partial charge in [0.2, 0.25) is 0 Å². The van der Waals surface area contributed by atoms with Gasteiger partial charge >= 0.3 is 0 Å². The Bertz CT molecular complexity index is 374. The summed E-state index contributed by atoms with van der Waals surface area (Å²) >= 11 is 0. The van der Waals surface area contributed by atoms with Crippen LogP contribution in [0.2, 0.25) is 0 Å². The summed E-state index contributed by atoms with van der Waals surface area (Å²) in [5.41, 5.74) is 0.902. The summed E-state index contributed by atoms with van der Waals surface area (Å²) < 4.78 is 16.5. The summed E-state index contributed by atoms with van der Waals surface area (Å²) in [4.78, 5) is 0. The molecule has 2 rings (SSSR count). The van der Waals surface area contributed by atoms with Crippen LogP contribution in [0.5, 0.6) is 5.75 Å². The lowest BCUT2D eigenvalue weighted by molar-refractivity contribution is -0.0321. The highest BCUT2D eigenvalue weighted by Gasteiger charge is 2.19. The average molecular weight is 266 g/mol. The standard InChI is InChI=1S/C15H22O4/c1-17-14-5-3-2-4-13(14)15(10-16)19-11-12-6-8-18-9-7-12/h2-5,12,15-16H,6-11H2,1H3. The number of ether oxygens (including phenoxy) is 3. The molecule has 0 saturated carbocycles. The summed E-state index contributed by atoms with van der Waals surface area (Å²) in [6.45, 7) is 2.25. The van der Waals surface area contributed by atoms with E-state index in [1.807, 2.05) is 24.3 Å². The van der Waals surface area contributed by atoms with E-state index in [2.05, 4.69) is 0 Å². The molecule has 19 heavy (non-hydrogen) atoms. The van der Waals surface area contributed by atoms with Gasteiger partial charge in [-0.15, -0.1) is 0 Å². The predicted octanol–water partition coefficient (Wildman–Crippen LogP) is 2.17. The van der Waals surface area contributed by atoms with E-state index < -0.39 is 0 Å². The van der Waals surface area contributed by atoms with Crippen LogP contribution >= 0.6 is 0 Å². The maximum Gasteiger partial charge on any atom is 0.124 e. The van der Waals surface area contributed by atoms with Gasteiger partial charge in [-0.3, -0.25) is 0 Å². The van der Waals surface area contributed by atoms with Crippen LogP contribution in [0.4, 0.5) is 0 Å². The van der Waals surface area contributed by atoms with Crippen molar-refractivity contribution < 1.29 is 19.3 Å². The first-order valence-electron chi connectivity index (χ1n) is 6.78. The van der Waals surface area contributed by atoms with Crippen LogP contribution in [0, 0.1) is 5.92 Å². The van der Waals surface area contributed by atoms with Crippen molar-refractivity contribution >= 4 is 0 Å². The van der Waals surface area contributed by atoms with E-state index in [-0.39, 0.29) is 12.7 Å². The average Bonchev–Trinajstić information content (AvgIpc) is 2.49. The van der Waals surface area contributed by atoms with Crippen LogP contribution in [0.25, 0.3) is 0 Å². The molecular formula is C15H22O4. The SMILES string of the molecule is COc1ccccc1C(CO)OCC1CCOCC1. The van der Waals surface area contributed by atoms with E-state index in [4.69, 9.17) is 14.2 Å². The van der Waals surface area contributed by atoms with Crippen LogP contribution in [-0.2, 0) is 9.47 Å².